The zero-order valence-electron chi connectivity index (χ0n) is 4.43. The highest BCUT2D eigenvalue weighted by Gasteiger charge is 1.76. The molecule has 0 saturated carbocycles. The summed E-state index contributed by atoms with van der Waals surface area (Å²) in [4.78, 5) is 3.65. The van der Waals surface area contributed by atoms with E-state index in [1.54, 1.807) is 29.9 Å². The summed E-state index contributed by atoms with van der Waals surface area (Å²) in [5, 5.41) is 2.68. The van der Waals surface area contributed by atoms with Crippen LogP contribution in [0.4, 0.5) is 0 Å². The van der Waals surface area contributed by atoms with Gasteiger partial charge in [0.1, 0.15) is 0 Å². The number of hydrogen-bond acceptors (Lipinski definition) is 1. The summed E-state index contributed by atoms with van der Waals surface area (Å²) in [6.07, 6.45) is 1.47. The first-order valence-corrected chi connectivity index (χ1v) is 2.92. The van der Waals surface area contributed by atoms with E-state index >= 15 is 0 Å². The van der Waals surface area contributed by atoms with Gasteiger partial charge in [-0.3, -0.25) is 0 Å². The van der Waals surface area contributed by atoms with Gasteiger partial charge in [0.2, 0.25) is 5.96 Å². The molecule has 0 aliphatic heterocycles. The molecule has 0 aliphatic carbocycles. The van der Waals surface area contributed by atoms with Crippen molar-refractivity contribution in [2.75, 3.05) is 7.05 Å². The van der Waals surface area contributed by atoms with Crippen molar-refractivity contribution in [3.63, 3.8) is 0 Å². The molecule has 0 saturated heterocycles. The van der Waals surface area contributed by atoms with E-state index in [9.17, 15) is 0 Å². The number of nitrogens with two attached hydrogens (primary N) is 1. The number of hydrogen-bond donors (Lipinski definition) is 2. The van der Waals surface area contributed by atoms with Crippen LogP contribution >= 0.6 is 22.9 Å². The fourth-order valence-electron chi connectivity index (χ4n) is 0.153. The van der Waals surface area contributed by atoms with Crippen molar-refractivity contribution in [1.29, 1.82) is 0 Å². The van der Waals surface area contributed by atoms with Crippen molar-refractivity contribution in [3.8, 4) is 0 Å². The Labute approximate surface area is 61.8 Å². The molecule has 0 rings (SSSR count). The molecule has 0 aromatic heterocycles. The van der Waals surface area contributed by atoms with E-state index in [4.69, 9.17) is 5.73 Å². The lowest BCUT2D eigenvalue weighted by Crippen LogP contribution is -2.10. The van der Waals surface area contributed by atoms with Crippen molar-refractivity contribution in [2.24, 2.45) is 13.9 Å². The smallest absolute Gasteiger partial charge is 0.226 e. The number of aliphatic imine (C=N–C) groups is 1. The van der Waals surface area contributed by atoms with E-state index in [1.165, 1.54) is 6.34 Å². The third-order valence-corrected chi connectivity index (χ3v) is 0.907. The Morgan fingerprint density at radius 3 is 2.88 bits per heavy atom. The van der Waals surface area contributed by atoms with Gasteiger partial charge >= 0.3 is 0 Å². The van der Waals surface area contributed by atoms with Gasteiger partial charge in [-0.2, -0.15) is 3.21 Å². The Morgan fingerprint density at radius 2 is 2.50 bits per heavy atom. The third kappa shape index (κ3) is 3.85. The average molecular weight is 226 g/mol. The summed E-state index contributed by atoms with van der Waals surface area (Å²) < 4.78 is 3.55. The Morgan fingerprint density at radius 1 is 1.88 bits per heavy atom. The van der Waals surface area contributed by atoms with E-state index < -0.39 is 0 Å². The van der Waals surface area contributed by atoms with Gasteiger partial charge in [-0.05, 0) is 0 Å². The van der Waals surface area contributed by atoms with Crippen molar-refractivity contribution in [1.82, 2.24) is 5.32 Å². The van der Waals surface area contributed by atoms with Crippen molar-refractivity contribution in [3.05, 3.63) is 0 Å². The molecule has 46 valence electrons. The van der Waals surface area contributed by atoms with E-state index in [1.807, 2.05) is 0 Å². The Bertz CT molecular complexity index is 108. The molecule has 0 spiro atoms. The van der Waals surface area contributed by atoms with Gasteiger partial charge in [-0.1, -0.05) is 0 Å². The van der Waals surface area contributed by atoms with E-state index in [0.29, 0.717) is 0 Å². The first kappa shape index (κ1) is 7.67. The largest absolute Gasteiger partial charge is 0.379 e. The predicted octanol–water partition coefficient (Wildman–Crippen LogP) is -0.101. The maximum absolute atomic E-state index is 5.16. The maximum Gasteiger partial charge on any atom is 0.226 e. The molecule has 0 radical (unpaired) electrons. The number of halogens is 1. The summed E-state index contributed by atoms with van der Waals surface area (Å²) in [5.41, 5.74) is 5.16. The van der Waals surface area contributed by atoms with Gasteiger partial charge in [0.15, 0.2) is 0 Å². The average Bonchev–Trinajstić information content (AvgIpc) is 1.83. The highest BCUT2D eigenvalue weighted by atomic mass is 127. The summed E-state index contributed by atoms with van der Waals surface area (Å²) in [7, 11) is 1.74. The van der Waals surface area contributed by atoms with Crippen molar-refractivity contribution < 1.29 is 0 Å². The summed E-state index contributed by atoms with van der Waals surface area (Å²) in [5.74, 6) is 0.264. The lowest BCUT2D eigenvalue weighted by Gasteiger charge is -1.84. The van der Waals surface area contributed by atoms with Crippen LogP contribution in [-0.2, 0) is 0 Å². The van der Waals surface area contributed by atoms with Crippen LogP contribution in [0.5, 0.6) is 0 Å². The van der Waals surface area contributed by atoms with Crippen LogP contribution in [0.3, 0.4) is 0 Å². The van der Waals surface area contributed by atoms with E-state index in [0.717, 1.165) is 0 Å². The van der Waals surface area contributed by atoms with Crippen molar-refractivity contribution >= 4 is 35.2 Å². The molecule has 0 atom stereocenters. The van der Waals surface area contributed by atoms with E-state index in [2.05, 4.69) is 13.5 Å². The van der Waals surface area contributed by atoms with Crippen LogP contribution in [0.15, 0.2) is 8.20 Å². The first-order valence-electron chi connectivity index (χ1n) is 1.95. The van der Waals surface area contributed by atoms with Crippen LogP contribution < -0.4 is 11.1 Å². The van der Waals surface area contributed by atoms with Crippen LogP contribution in [0.25, 0.3) is 0 Å². The Kier molecular flexibility index (Phi) is 4.62. The molecule has 0 amide bonds. The molecule has 4 nitrogen and oxygen atoms in total. The lowest BCUT2D eigenvalue weighted by molar-refractivity contribution is 1.21. The summed E-state index contributed by atoms with van der Waals surface area (Å²) >= 11 is 1.77. The Balaban J connectivity index is 3.53. The fraction of sp³-hybridized carbons (Fsp3) is 0.333. The molecule has 0 bridgehead atoms. The predicted molar refractivity (Wildman–Crippen MR) is 43.2 cm³/mol. The molecule has 3 N–H and O–H groups in total. The van der Waals surface area contributed by atoms with Crippen LogP contribution in [0, 0.1) is 0 Å². The summed E-state index contributed by atoms with van der Waals surface area (Å²) in [6.45, 7) is 0. The molecule has 0 heterocycles. The molecule has 5 heteroatoms. The van der Waals surface area contributed by atoms with Crippen LogP contribution in [0.1, 0.15) is 0 Å². The number of nitrogens with one attached hydrogen (secondary N) is 1. The van der Waals surface area contributed by atoms with Crippen LogP contribution in [0.2, 0.25) is 0 Å². The minimum absolute atomic E-state index is 0.264. The monoisotopic (exact) mass is 226 g/mol. The maximum atomic E-state index is 5.16. The fourth-order valence-corrected chi connectivity index (χ4v) is 0.277. The molecule has 8 heavy (non-hydrogen) atoms. The van der Waals surface area contributed by atoms with Gasteiger partial charge in [0.05, 0.1) is 29.2 Å². The van der Waals surface area contributed by atoms with Gasteiger partial charge in [-0.15, -0.1) is 0 Å². The van der Waals surface area contributed by atoms with Crippen LogP contribution in [-0.4, -0.2) is 19.3 Å². The standard InChI is InChI=1S/C3H7IN4/c1-6-2-7-3(5)8-4/h2H,1H3,(H3,5,6,7,8). The molecular weight excluding hydrogens is 219 g/mol. The lowest BCUT2D eigenvalue weighted by atomic mass is 11.0. The third-order valence-electron chi connectivity index (χ3n) is 0.413. The molecule has 0 unspecified atom stereocenters. The molecule has 0 aromatic carbocycles. The highest BCUT2D eigenvalue weighted by molar-refractivity contribution is 14.1. The second kappa shape index (κ2) is 4.82. The quantitative estimate of drug-likeness (QED) is 0.372. The highest BCUT2D eigenvalue weighted by Crippen LogP contribution is 1.80. The molecule has 0 fully saturated rings. The molecule has 0 aromatic rings. The minimum atomic E-state index is 0.264. The number of rotatable bonds is 1. The van der Waals surface area contributed by atoms with Gasteiger partial charge in [0, 0.05) is 7.05 Å². The first-order chi connectivity index (χ1) is 3.81. The van der Waals surface area contributed by atoms with E-state index in [-0.39, 0.29) is 5.96 Å². The zero-order chi connectivity index (χ0) is 6.41. The number of guanidine groups is 1. The minimum Gasteiger partial charge on any atom is -0.379 e. The normalized spacial score (nSPS) is 12.5. The van der Waals surface area contributed by atoms with Gasteiger partial charge in [-0.25, -0.2) is 4.99 Å². The molecule has 0 aliphatic rings. The number of nitrogens with zero attached hydrogens (tertiary/aromatic N) is 2. The Hall–Kier alpha value is -0.330. The topological polar surface area (TPSA) is 62.8 Å². The van der Waals surface area contributed by atoms with Gasteiger partial charge < -0.3 is 11.1 Å². The SMILES string of the molecule is CN/C=N\C(N)=N/I. The van der Waals surface area contributed by atoms with Crippen molar-refractivity contribution in [2.45, 2.75) is 0 Å². The second-order valence-corrected chi connectivity index (χ2v) is 1.47. The molecular formula is C3H7IN4. The second-order valence-electron chi connectivity index (χ2n) is 0.990. The van der Waals surface area contributed by atoms with Gasteiger partial charge in [0.25, 0.3) is 0 Å². The summed E-state index contributed by atoms with van der Waals surface area (Å²) in [6, 6.07) is 0. The zero-order valence-corrected chi connectivity index (χ0v) is 6.58.